The van der Waals surface area contributed by atoms with E-state index in [1.807, 2.05) is 55.5 Å². The first-order chi connectivity index (χ1) is 14.6. The van der Waals surface area contributed by atoms with Gasteiger partial charge in [0.2, 0.25) is 5.95 Å². The van der Waals surface area contributed by atoms with Crippen LogP contribution in [0.5, 0.6) is 0 Å². The zero-order valence-electron chi connectivity index (χ0n) is 16.1. The van der Waals surface area contributed by atoms with Crippen molar-refractivity contribution in [1.29, 1.82) is 0 Å². The van der Waals surface area contributed by atoms with Gasteiger partial charge in [0, 0.05) is 15.4 Å². The number of hydrogen-bond acceptors (Lipinski definition) is 6. The second-order valence-electron chi connectivity index (χ2n) is 6.57. The average Bonchev–Trinajstić information content (AvgIpc) is 3.37. The van der Waals surface area contributed by atoms with E-state index in [0.717, 1.165) is 26.4 Å². The Morgan fingerprint density at radius 3 is 2.77 bits per heavy atom. The zero-order chi connectivity index (χ0) is 20.9. The van der Waals surface area contributed by atoms with Crippen molar-refractivity contribution in [1.82, 2.24) is 19.9 Å². The van der Waals surface area contributed by atoms with Crippen molar-refractivity contribution in [2.75, 3.05) is 5.32 Å². The molecule has 0 aliphatic carbocycles. The molecule has 4 rings (SSSR count). The van der Waals surface area contributed by atoms with Crippen LogP contribution in [0.15, 0.2) is 74.8 Å². The zero-order valence-corrected chi connectivity index (χ0v) is 18.5. The molecular formula is C21H18BrN5O2S. The van der Waals surface area contributed by atoms with Gasteiger partial charge in [0.25, 0.3) is 5.91 Å². The van der Waals surface area contributed by atoms with Crippen LogP contribution in [0.25, 0.3) is 0 Å². The van der Waals surface area contributed by atoms with Gasteiger partial charge in [0.1, 0.15) is 12.1 Å². The smallest absolute Gasteiger partial charge is 0.259 e. The Kier molecular flexibility index (Phi) is 6.29. The summed E-state index contributed by atoms with van der Waals surface area (Å²) in [6, 6.07) is 17.3. The van der Waals surface area contributed by atoms with Crippen LogP contribution in [-0.2, 0) is 12.3 Å². The molecule has 0 fully saturated rings. The molecule has 0 saturated heterocycles. The number of carbonyl (C=O) groups excluding carboxylic acids is 1. The molecule has 0 radical (unpaired) electrons. The molecule has 2 aromatic carbocycles. The van der Waals surface area contributed by atoms with Gasteiger partial charge in [0.15, 0.2) is 0 Å². The molecule has 0 aliphatic heterocycles. The van der Waals surface area contributed by atoms with Crippen LogP contribution in [0, 0.1) is 6.92 Å². The largest absolute Gasteiger partial charge is 0.360 e. The van der Waals surface area contributed by atoms with Crippen LogP contribution >= 0.6 is 27.7 Å². The van der Waals surface area contributed by atoms with Crippen LogP contribution in [0.1, 0.15) is 27.4 Å². The molecule has 1 N–H and O–H groups in total. The maximum absolute atomic E-state index is 12.8. The third-order valence-electron chi connectivity index (χ3n) is 4.20. The first-order valence-electron chi connectivity index (χ1n) is 9.16. The number of rotatable bonds is 7. The summed E-state index contributed by atoms with van der Waals surface area (Å²) in [6.07, 6.45) is 1.60. The number of nitrogens with zero attached hydrogens (tertiary/aromatic N) is 4. The van der Waals surface area contributed by atoms with Gasteiger partial charge in [-0.25, -0.2) is 9.67 Å². The molecule has 2 heterocycles. The van der Waals surface area contributed by atoms with E-state index in [1.54, 1.807) is 17.1 Å². The SMILES string of the molecule is Cc1cc(CSc2ccccc2C(=O)Nc2ncn(Cc3ccc(Br)cc3)n2)on1. The number of hydrogen-bond donors (Lipinski definition) is 1. The fourth-order valence-corrected chi connectivity index (χ4v) is 3.98. The van der Waals surface area contributed by atoms with Crippen LogP contribution in [0.2, 0.25) is 0 Å². The van der Waals surface area contributed by atoms with Crippen molar-refractivity contribution in [3.8, 4) is 0 Å². The summed E-state index contributed by atoms with van der Waals surface area (Å²) in [4.78, 5) is 17.8. The summed E-state index contributed by atoms with van der Waals surface area (Å²) in [5.74, 6) is 1.36. The minimum Gasteiger partial charge on any atom is -0.360 e. The number of halogens is 1. The number of thioether (sulfide) groups is 1. The van der Waals surface area contributed by atoms with E-state index in [9.17, 15) is 4.79 Å². The second kappa shape index (κ2) is 9.27. The summed E-state index contributed by atoms with van der Waals surface area (Å²) >= 11 is 4.94. The van der Waals surface area contributed by atoms with Crippen LogP contribution < -0.4 is 5.32 Å². The van der Waals surface area contributed by atoms with Crippen LogP contribution in [0.4, 0.5) is 5.95 Å². The molecule has 1 amide bonds. The number of carbonyl (C=O) groups is 1. The van der Waals surface area contributed by atoms with Gasteiger partial charge in [-0.2, -0.15) is 0 Å². The van der Waals surface area contributed by atoms with E-state index in [4.69, 9.17) is 4.52 Å². The summed E-state index contributed by atoms with van der Waals surface area (Å²) in [7, 11) is 0. The molecule has 0 atom stereocenters. The van der Waals surface area contributed by atoms with Crippen molar-refractivity contribution in [3.05, 3.63) is 88.0 Å². The molecule has 0 unspecified atom stereocenters. The fraction of sp³-hybridized carbons (Fsp3) is 0.143. The van der Waals surface area contributed by atoms with Gasteiger partial charge < -0.3 is 4.52 Å². The number of aromatic nitrogens is 4. The highest BCUT2D eigenvalue weighted by Gasteiger charge is 2.14. The number of benzene rings is 2. The maximum atomic E-state index is 12.8. The van der Waals surface area contributed by atoms with E-state index in [2.05, 4.69) is 36.5 Å². The van der Waals surface area contributed by atoms with Gasteiger partial charge >= 0.3 is 0 Å². The Morgan fingerprint density at radius 1 is 1.20 bits per heavy atom. The molecule has 7 nitrogen and oxygen atoms in total. The van der Waals surface area contributed by atoms with E-state index in [1.165, 1.54) is 11.8 Å². The van der Waals surface area contributed by atoms with Gasteiger partial charge in [-0.3, -0.25) is 10.1 Å². The molecule has 0 spiro atoms. The van der Waals surface area contributed by atoms with Gasteiger partial charge in [-0.05, 0) is 36.8 Å². The Hall–Kier alpha value is -2.91. The van der Waals surface area contributed by atoms with E-state index < -0.39 is 0 Å². The first-order valence-corrected chi connectivity index (χ1v) is 10.9. The highest BCUT2D eigenvalue weighted by atomic mass is 79.9. The molecule has 152 valence electrons. The Morgan fingerprint density at radius 2 is 2.00 bits per heavy atom. The van der Waals surface area contributed by atoms with Gasteiger partial charge in [-0.15, -0.1) is 16.9 Å². The highest BCUT2D eigenvalue weighted by Crippen LogP contribution is 2.27. The lowest BCUT2D eigenvalue weighted by Crippen LogP contribution is -2.14. The summed E-state index contributed by atoms with van der Waals surface area (Å²) in [5, 5.41) is 11.0. The van der Waals surface area contributed by atoms with Crippen LogP contribution in [-0.4, -0.2) is 25.8 Å². The third kappa shape index (κ3) is 5.17. The lowest BCUT2D eigenvalue weighted by Gasteiger charge is -2.07. The number of aryl methyl sites for hydroxylation is 1. The van der Waals surface area contributed by atoms with Crippen molar-refractivity contribution >= 4 is 39.5 Å². The monoisotopic (exact) mass is 483 g/mol. The quantitative estimate of drug-likeness (QED) is 0.375. The lowest BCUT2D eigenvalue weighted by molar-refractivity contribution is 0.102. The third-order valence-corrected chi connectivity index (χ3v) is 5.82. The van der Waals surface area contributed by atoms with Crippen LogP contribution in [0.3, 0.4) is 0 Å². The summed E-state index contributed by atoms with van der Waals surface area (Å²) in [6.45, 7) is 2.45. The topological polar surface area (TPSA) is 85.8 Å². The molecule has 0 aliphatic rings. The first kappa shape index (κ1) is 20.4. The number of nitrogens with one attached hydrogen (secondary N) is 1. The molecule has 0 bridgehead atoms. The van der Waals surface area contributed by atoms with E-state index in [0.29, 0.717) is 17.9 Å². The summed E-state index contributed by atoms with van der Waals surface area (Å²) in [5.41, 5.74) is 2.48. The Bertz CT molecular complexity index is 1160. The predicted molar refractivity (Wildman–Crippen MR) is 118 cm³/mol. The molecule has 2 aromatic heterocycles. The Balaban J connectivity index is 1.41. The second-order valence-corrected chi connectivity index (χ2v) is 8.50. The standard InChI is InChI=1S/C21H18BrN5O2S/c1-14-10-17(29-26-14)12-30-19-5-3-2-4-18(19)20(28)24-21-23-13-27(25-21)11-15-6-8-16(22)9-7-15/h2-10,13H,11-12H2,1H3,(H,24,25,28). The predicted octanol–water partition coefficient (Wildman–Crippen LogP) is 4.93. The summed E-state index contributed by atoms with van der Waals surface area (Å²) < 4.78 is 7.95. The van der Waals surface area contributed by atoms with Crippen molar-refractivity contribution < 1.29 is 9.32 Å². The fourth-order valence-electron chi connectivity index (χ4n) is 2.79. The number of anilines is 1. The molecule has 4 aromatic rings. The van der Waals surface area contributed by atoms with Gasteiger partial charge in [-0.1, -0.05) is 45.4 Å². The minimum absolute atomic E-state index is 0.256. The normalized spacial score (nSPS) is 10.9. The van der Waals surface area contributed by atoms with Crippen molar-refractivity contribution in [3.63, 3.8) is 0 Å². The minimum atomic E-state index is -0.256. The van der Waals surface area contributed by atoms with Crippen molar-refractivity contribution in [2.24, 2.45) is 0 Å². The average molecular weight is 484 g/mol. The molecule has 30 heavy (non-hydrogen) atoms. The number of amides is 1. The maximum Gasteiger partial charge on any atom is 0.259 e. The highest BCUT2D eigenvalue weighted by molar-refractivity contribution is 9.10. The van der Waals surface area contributed by atoms with Gasteiger partial charge in [0.05, 0.1) is 23.6 Å². The molecule has 9 heteroatoms. The van der Waals surface area contributed by atoms with E-state index >= 15 is 0 Å². The van der Waals surface area contributed by atoms with Crippen molar-refractivity contribution in [2.45, 2.75) is 24.1 Å². The molecule has 0 saturated carbocycles. The van der Waals surface area contributed by atoms with E-state index in [-0.39, 0.29) is 11.9 Å². The Labute approximate surface area is 186 Å². The lowest BCUT2D eigenvalue weighted by atomic mass is 10.2. The molecular weight excluding hydrogens is 466 g/mol.